The van der Waals surface area contributed by atoms with Crippen LogP contribution >= 0.6 is 0 Å². The number of amides is 2. The van der Waals surface area contributed by atoms with Gasteiger partial charge in [0.1, 0.15) is 0 Å². The molecule has 1 saturated heterocycles. The first-order valence-corrected chi connectivity index (χ1v) is 6.93. The van der Waals surface area contributed by atoms with Crippen molar-refractivity contribution in [2.24, 2.45) is 5.92 Å². The van der Waals surface area contributed by atoms with Crippen molar-refractivity contribution in [2.75, 3.05) is 32.7 Å². The fourth-order valence-corrected chi connectivity index (χ4v) is 2.29. The monoisotopic (exact) mass is 253 g/mol. The predicted molar refractivity (Wildman–Crippen MR) is 69.0 cm³/mol. The number of likely N-dealkylation sites (N-methyl/N-ethyl adjacent to an activating group) is 1. The van der Waals surface area contributed by atoms with Gasteiger partial charge in [0, 0.05) is 32.2 Å². The number of nitrogens with zero attached hydrogens (tertiary/aromatic N) is 2. The van der Waals surface area contributed by atoms with E-state index in [1.165, 1.54) is 12.8 Å². The van der Waals surface area contributed by atoms with Gasteiger partial charge in [0.15, 0.2) is 0 Å². The zero-order valence-corrected chi connectivity index (χ0v) is 11.3. The van der Waals surface area contributed by atoms with Crippen molar-refractivity contribution in [2.45, 2.75) is 32.7 Å². The van der Waals surface area contributed by atoms with E-state index in [0.29, 0.717) is 38.1 Å². The first-order chi connectivity index (χ1) is 8.61. The maximum absolute atomic E-state index is 11.9. The van der Waals surface area contributed by atoms with Crippen molar-refractivity contribution in [1.82, 2.24) is 15.1 Å². The van der Waals surface area contributed by atoms with Crippen molar-refractivity contribution in [1.29, 1.82) is 0 Å². The molecule has 1 atom stereocenters. The summed E-state index contributed by atoms with van der Waals surface area (Å²) in [7, 11) is 0. The van der Waals surface area contributed by atoms with Gasteiger partial charge in [-0.3, -0.25) is 9.59 Å². The second-order valence-corrected chi connectivity index (χ2v) is 5.42. The summed E-state index contributed by atoms with van der Waals surface area (Å²) in [5.41, 5.74) is 0. The Hall–Kier alpha value is -1.10. The van der Waals surface area contributed by atoms with Crippen molar-refractivity contribution in [3.05, 3.63) is 0 Å². The van der Waals surface area contributed by atoms with Crippen LogP contribution in [0.4, 0.5) is 0 Å². The van der Waals surface area contributed by atoms with Gasteiger partial charge in [-0.1, -0.05) is 6.92 Å². The second kappa shape index (κ2) is 5.69. The average Bonchev–Trinajstić information content (AvgIpc) is 3.17. The van der Waals surface area contributed by atoms with Gasteiger partial charge in [-0.25, -0.2) is 0 Å². The van der Waals surface area contributed by atoms with E-state index in [1.54, 1.807) is 9.80 Å². The summed E-state index contributed by atoms with van der Waals surface area (Å²) in [6.45, 7) is 7.61. The summed E-state index contributed by atoms with van der Waals surface area (Å²) >= 11 is 0. The number of carbonyl (C=O) groups is 2. The van der Waals surface area contributed by atoms with E-state index >= 15 is 0 Å². The minimum atomic E-state index is -0.342. The smallest absolute Gasteiger partial charge is 0.312 e. The zero-order chi connectivity index (χ0) is 13.1. The molecule has 5 heteroatoms. The van der Waals surface area contributed by atoms with Crippen LogP contribution < -0.4 is 5.32 Å². The van der Waals surface area contributed by atoms with E-state index in [4.69, 9.17) is 0 Å². The van der Waals surface area contributed by atoms with Gasteiger partial charge in [-0.2, -0.15) is 0 Å². The molecule has 1 aliphatic heterocycles. The summed E-state index contributed by atoms with van der Waals surface area (Å²) in [6.07, 6.45) is 2.55. The van der Waals surface area contributed by atoms with E-state index in [-0.39, 0.29) is 11.8 Å². The van der Waals surface area contributed by atoms with Crippen LogP contribution in [0.25, 0.3) is 0 Å². The number of nitrogens with one attached hydrogen (secondary N) is 1. The molecule has 2 fully saturated rings. The lowest BCUT2D eigenvalue weighted by atomic mass is 10.1. The Morgan fingerprint density at radius 2 is 1.83 bits per heavy atom. The van der Waals surface area contributed by atoms with Crippen LogP contribution in [0, 0.1) is 5.92 Å². The highest BCUT2D eigenvalue weighted by Gasteiger charge is 2.32. The maximum Gasteiger partial charge on any atom is 0.312 e. The van der Waals surface area contributed by atoms with Gasteiger partial charge in [-0.15, -0.1) is 0 Å². The summed E-state index contributed by atoms with van der Waals surface area (Å²) in [6, 6.07) is 0.696. The summed E-state index contributed by atoms with van der Waals surface area (Å²) in [4.78, 5) is 27.0. The Bertz CT molecular complexity index is 328. The molecule has 2 amide bonds. The largest absolute Gasteiger partial charge is 0.333 e. The van der Waals surface area contributed by atoms with E-state index in [2.05, 4.69) is 12.2 Å². The van der Waals surface area contributed by atoms with Gasteiger partial charge in [0.2, 0.25) is 0 Å². The molecule has 0 aromatic heterocycles. The van der Waals surface area contributed by atoms with Crippen LogP contribution in [0.1, 0.15) is 26.7 Å². The van der Waals surface area contributed by atoms with E-state index < -0.39 is 0 Å². The summed E-state index contributed by atoms with van der Waals surface area (Å²) < 4.78 is 0. The van der Waals surface area contributed by atoms with Gasteiger partial charge in [-0.05, 0) is 32.2 Å². The van der Waals surface area contributed by atoms with Gasteiger partial charge in [0.05, 0.1) is 0 Å². The van der Waals surface area contributed by atoms with Gasteiger partial charge >= 0.3 is 11.8 Å². The van der Waals surface area contributed by atoms with E-state index in [9.17, 15) is 9.59 Å². The molecule has 0 bridgehead atoms. The summed E-state index contributed by atoms with van der Waals surface area (Å²) in [5.74, 6) is -0.275. The Labute approximate surface area is 108 Å². The molecular formula is C13H23N3O2. The van der Waals surface area contributed by atoms with E-state index in [0.717, 1.165) is 6.54 Å². The Balaban J connectivity index is 1.77. The number of hydrogen-bond donors (Lipinski definition) is 1. The molecule has 18 heavy (non-hydrogen) atoms. The number of piperazine rings is 1. The SMILES string of the molecule is CCN1CCN(CC(C)CNC2CC2)C(=O)C1=O. The van der Waals surface area contributed by atoms with Crippen LogP contribution in [0.5, 0.6) is 0 Å². The van der Waals surface area contributed by atoms with Crippen LogP contribution in [0.2, 0.25) is 0 Å². The first kappa shape index (κ1) is 13.3. The molecule has 2 aliphatic rings. The van der Waals surface area contributed by atoms with E-state index in [1.807, 2.05) is 6.92 Å². The molecule has 1 aliphatic carbocycles. The van der Waals surface area contributed by atoms with Gasteiger partial charge in [0.25, 0.3) is 0 Å². The molecule has 0 aromatic rings. The molecule has 0 radical (unpaired) electrons. The highest BCUT2D eigenvalue weighted by atomic mass is 16.2. The number of rotatable bonds is 6. The van der Waals surface area contributed by atoms with Crippen molar-refractivity contribution >= 4 is 11.8 Å². The molecule has 0 aromatic carbocycles. The lowest BCUT2D eigenvalue weighted by Crippen LogP contribution is -2.55. The second-order valence-electron chi connectivity index (χ2n) is 5.42. The van der Waals surface area contributed by atoms with Crippen LogP contribution in [-0.2, 0) is 9.59 Å². The Morgan fingerprint density at radius 3 is 2.44 bits per heavy atom. The quantitative estimate of drug-likeness (QED) is 0.681. The Morgan fingerprint density at radius 1 is 1.22 bits per heavy atom. The zero-order valence-electron chi connectivity index (χ0n) is 11.3. The number of hydrogen-bond acceptors (Lipinski definition) is 3. The fourth-order valence-electron chi connectivity index (χ4n) is 2.29. The maximum atomic E-state index is 11.9. The molecule has 1 heterocycles. The van der Waals surface area contributed by atoms with Crippen molar-refractivity contribution in [3.63, 3.8) is 0 Å². The first-order valence-electron chi connectivity index (χ1n) is 6.93. The van der Waals surface area contributed by atoms with Crippen molar-refractivity contribution in [3.8, 4) is 0 Å². The molecule has 1 N–H and O–H groups in total. The number of carbonyl (C=O) groups excluding carboxylic acids is 2. The molecule has 5 nitrogen and oxygen atoms in total. The Kier molecular flexibility index (Phi) is 4.22. The topological polar surface area (TPSA) is 52.6 Å². The normalized spacial score (nSPS) is 22.6. The highest BCUT2D eigenvalue weighted by Crippen LogP contribution is 2.19. The van der Waals surface area contributed by atoms with Crippen molar-refractivity contribution < 1.29 is 9.59 Å². The van der Waals surface area contributed by atoms with Gasteiger partial charge < -0.3 is 15.1 Å². The third-order valence-electron chi connectivity index (χ3n) is 3.64. The van der Waals surface area contributed by atoms with Crippen LogP contribution in [-0.4, -0.2) is 60.4 Å². The van der Waals surface area contributed by atoms with Crippen LogP contribution in [0.15, 0.2) is 0 Å². The average molecular weight is 253 g/mol. The minimum absolute atomic E-state index is 0.332. The molecule has 102 valence electrons. The molecule has 0 spiro atoms. The minimum Gasteiger partial charge on any atom is -0.333 e. The molecular weight excluding hydrogens is 230 g/mol. The molecule has 1 saturated carbocycles. The molecule has 2 rings (SSSR count). The third-order valence-corrected chi connectivity index (χ3v) is 3.64. The lowest BCUT2D eigenvalue weighted by Gasteiger charge is -2.34. The fraction of sp³-hybridized carbons (Fsp3) is 0.846. The highest BCUT2D eigenvalue weighted by molar-refractivity contribution is 6.35. The van der Waals surface area contributed by atoms with Crippen LogP contribution in [0.3, 0.4) is 0 Å². The standard InChI is InChI=1S/C13H23N3O2/c1-3-15-6-7-16(13(18)12(15)17)9-10(2)8-14-11-4-5-11/h10-11,14H,3-9H2,1-2H3. The molecule has 1 unspecified atom stereocenters. The third kappa shape index (κ3) is 3.22. The summed E-state index contributed by atoms with van der Waals surface area (Å²) in [5, 5.41) is 3.46. The predicted octanol–water partition coefficient (Wildman–Crippen LogP) is 0.0652. The lowest BCUT2D eigenvalue weighted by molar-refractivity contribution is -0.156.